The van der Waals surface area contributed by atoms with Crippen molar-refractivity contribution >= 4 is 5.91 Å². The van der Waals surface area contributed by atoms with Crippen LogP contribution in [0.25, 0.3) is 0 Å². The molecular weight excluding hydrogens is 316 g/mol. The molecule has 4 fully saturated rings. The maximum absolute atomic E-state index is 12.8. The Bertz CT molecular complexity index is 646. The number of rotatable bonds is 3. The van der Waals surface area contributed by atoms with E-state index in [1.54, 1.807) is 0 Å². The van der Waals surface area contributed by atoms with Gasteiger partial charge in [-0.3, -0.25) is 9.48 Å². The lowest BCUT2D eigenvalue weighted by Gasteiger charge is -2.56. The predicted molar refractivity (Wildman–Crippen MR) is 93.4 cm³/mol. The summed E-state index contributed by atoms with van der Waals surface area (Å²) in [7, 11) is 0. The molecule has 2 aliphatic heterocycles. The highest BCUT2D eigenvalue weighted by Gasteiger charge is 2.65. The normalized spacial score (nSPS) is 36.2. The number of fused-ring (bicyclic) bond motifs is 2. The summed E-state index contributed by atoms with van der Waals surface area (Å²) >= 11 is 0. The minimum Gasteiger partial charge on any atom is -0.377 e. The number of nitrogens with zero attached hydrogens (tertiary/aromatic N) is 2. The van der Waals surface area contributed by atoms with Crippen molar-refractivity contribution in [2.45, 2.75) is 63.1 Å². The molecule has 3 heterocycles. The standard InChI is InChI=1S/C19H28N4O2/c24-18(15-5-10-23(22-15)13-4-3-9-20-12-13)21-16-14-6-11-25-17(14)19(16)7-1-2-8-19/h5,10,13-14,16-17,20H,1-4,6-9,11-12H2,(H,21,24). The molecule has 2 saturated carbocycles. The number of hydrogen-bond donors (Lipinski definition) is 2. The van der Waals surface area contributed by atoms with Gasteiger partial charge in [-0.15, -0.1) is 0 Å². The number of carbonyl (C=O) groups excluding carboxylic acids is 1. The molecule has 2 saturated heterocycles. The van der Waals surface area contributed by atoms with E-state index in [2.05, 4.69) is 15.7 Å². The molecule has 5 rings (SSSR count). The Labute approximate surface area is 148 Å². The SMILES string of the molecule is O=C(NC1C2CCOC2C12CCCC2)c1ccn(C2CCCNC2)n1. The van der Waals surface area contributed by atoms with Crippen molar-refractivity contribution in [1.82, 2.24) is 20.4 Å². The molecule has 6 heteroatoms. The van der Waals surface area contributed by atoms with E-state index in [4.69, 9.17) is 4.74 Å². The second-order valence-electron chi connectivity index (χ2n) is 8.32. The second-order valence-corrected chi connectivity index (χ2v) is 8.32. The Kier molecular flexibility index (Phi) is 3.86. The van der Waals surface area contributed by atoms with E-state index < -0.39 is 0 Å². The third-order valence-corrected chi connectivity index (χ3v) is 7.06. The van der Waals surface area contributed by atoms with E-state index in [0.717, 1.165) is 32.5 Å². The fourth-order valence-electron chi connectivity index (χ4n) is 5.84. The summed E-state index contributed by atoms with van der Waals surface area (Å²) in [6.07, 6.45) is 10.6. The summed E-state index contributed by atoms with van der Waals surface area (Å²) in [5.41, 5.74) is 0.758. The van der Waals surface area contributed by atoms with Crippen molar-refractivity contribution in [3.05, 3.63) is 18.0 Å². The Morgan fingerprint density at radius 1 is 1.32 bits per heavy atom. The van der Waals surface area contributed by atoms with Crippen LogP contribution in [0.4, 0.5) is 0 Å². The van der Waals surface area contributed by atoms with E-state index in [-0.39, 0.29) is 17.4 Å². The van der Waals surface area contributed by atoms with Gasteiger partial charge in [0.1, 0.15) is 5.69 Å². The van der Waals surface area contributed by atoms with Crippen LogP contribution in [0.15, 0.2) is 12.3 Å². The smallest absolute Gasteiger partial charge is 0.272 e. The van der Waals surface area contributed by atoms with Crippen LogP contribution in [-0.2, 0) is 4.74 Å². The van der Waals surface area contributed by atoms with Gasteiger partial charge in [0.05, 0.1) is 12.1 Å². The van der Waals surface area contributed by atoms with Gasteiger partial charge in [0.2, 0.25) is 0 Å². The van der Waals surface area contributed by atoms with Gasteiger partial charge >= 0.3 is 0 Å². The highest BCUT2D eigenvalue weighted by molar-refractivity contribution is 5.92. The van der Waals surface area contributed by atoms with Crippen molar-refractivity contribution in [3.8, 4) is 0 Å². The Morgan fingerprint density at radius 2 is 2.20 bits per heavy atom. The summed E-state index contributed by atoms with van der Waals surface area (Å²) < 4.78 is 7.98. The van der Waals surface area contributed by atoms with E-state index >= 15 is 0 Å². The second kappa shape index (κ2) is 6.09. The molecule has 0 bridgehead atoms. The number of carbonyl (C=O) groups is 1. The summed E-state index contributed by atoms with van der Waals surface area (Å²) in [6.45, 7) is 2.88. The van der Waals surface area contributed by atoms with Gasteiger partial charge in [0, 0.05) is 36.7 Å². The molecule has 1 aromatic rings. The fourth-order valence-corrected chi connectivity index (χ4v) is 5.84. The Balaban J connectivity index is 1.29. The zero-order valence-corrected chi connectivity index (χ0v) is 14.7. The number of amides is 1. The summed E-state index contributed by atoms with van der Waals surface area (Å²) in [6, 6.07) is 2.51. The number of aromatic nitrogens is 2. The monoisotopic (exact) mass is 344 g/mol. The first kappa shape index (κ1) is 15.8. The van der Waals surface area contributed by atoms with Crippen molar-refractivity contribution in [2.75, 3.05) is 19.7 Å². The predicted octanol–water partition coefficient (Wildman–Crippen LogP) is 1.89. The lowest BCUT2D eigenvalue weighted by Crippen LogP contribution is -2.68. The average molecular weight is 344 g/mol. The van der Waals surface area contributed by atoms with E-state index in [0.29, 0.717) is 23.8 Å². The van der Waals surface area contributed by atoms with Crippen molar-refractivity contribution < 1.29 is 9.53 Å². The molecule has 6 nitrogen and oxygen atoms in total. The number of hydrogen-bond acceptors (Lipinski definition) is 4. The van der Waals surface area contributed by atoms with Crippen LogP contribution in [-0.4, -0.2) is 47.5 Å². The molecule has 2 aliphatic carbocycles. The topological polar surface area (TPSA) is 68.2 Å². The third kappa shape index (κ3) is 2.45. The van der Waals surface area contributed by atoms with Crippen molar-refractivity contribution in [1.29, 1.82) is 0 Å². The minimum absolute atomic E-state index is 0.0101. The molecule has 136 valence electrons. The van der Waals surface area contributed by atoms with Crippen LogP contribution in [0.5, 0.6) is 0 Å². The molecule has 1 amide bonds. The fraction of sp³-hybridized carbons (Fsp3) is 0.789. The largest absolute Gasteiger partial charge is 0.377 e. The average Bonchev–Trinajstić information content (AvgIpc) is 3.39. The van der Waals surface area contributed by atoms with Gasteiger partial charge in [-0.25, -0.2) is 0 Å². The number of nitrogens with one attached hydrogen (secondary N) is 2. The maximum atomic E-state index is 12.8. The quantitative estimate of drug-likeness (QED) is 0.879. The molecule has 2 N–H and O–H groups in total. The van der Waals surface area contributed by atoms with Gasteiger partial charge in [-0.1, -0.05) is 12.8 Å². The van der Waals surface area contributed by atoms with Crippen LogP contribution < -0.4 is 10.6 Å². The van der Waals surface area contributed by atoms with Crippen molar-refractivity contribution in [2.24, 2.45) is 11.3 Å². The van der Waals surface area contributed by atoms with E-state index in [1.165, 1.54) is 32.1 Å². The molecule has 1 spiro atoms. The zero-order chi connectivity index (χ0) is 16.9. The first-order valence-electron chi connectivity index (χ1n) is 9.96. The molecule has 25 heavy (non-hydrogen) atoms. The van der Waals surface area contributed by atoms with Gasteiger partial charge in [0.15, 0.2) is 0 Å². The lowest BCUT2D eigenvalue weighted by molar-refractivity contribution is -0.126. The first-order valence-corrected chi connectivity index (χ1v) is 9.96. The maximum Gasteiger partial charge on any atom is 0.272 e. The summed E-state index contributed by atoms with van der Waals surface area (Å²) in [5, 5.41) is 11.3. The molecule has 0 aromatic carbocycles. The molecule has 4 atom stereocenters. The molecule has 0 radical (unpaired) electrons. The summed E-state index contributed by atoms with van der Waals surface area (Å²) in [5.74, 6) is 0.496. The van der Waals surface area contributed by atoms with Gasteiger partial charge in [0.25, 0.3) is 5.91 Å². The van der Waals surface area contributed by atoms with Crippen LogP contribution in [0.2, 0.25) is 0 Å². The van der Waals surface area contributed by atoms with Crippen LogP contribution in [0.3, 0.4) is 0 Å². The molecule has 4 unspecified atom stereocenters. The first-order chi connectivity index (χ1) is 12.3. The Morgan fingerprint density at radius 3 is 3.00 bits per heavy atom. The zero-order valence-electron chi connectivity index (χ0n) is 14.7. The van der Waals surface area contributed by atoms with E-state index in [1.807, 2.05) is 16.9 Å². The van der Waals surface area contributed by atoms with Gasteiger partial charge in [-0.2, -0.15) is 5.10 Å². The minimum atomic E-state index is -0.0101. The highest BCUT2D eigenvalue weighted by Crippen LogP contribution is 2.60. The number of piperidine rings is 1. The van der Waals surface area contributed by atoms with Crippen LogP contribution in [0, 0.1) is 11.3 Å². The van der Waals surface area contributed by atoms with Crippen LogP contribution >= 0.6 is 0 Å². The number of ether oxygens (including phenoxy) is 1. The van der Waals surface area contributed by atoms with E-state index in [9.17, 15) is 4.79 Å². The molecular formula is C19H28N4O2. The summed E-state index contributed by atoms with van der Waals surface area (Å²) in [4.78, 5) is 12.8. The molecule has 1 aromatic heterocycles. The molecule has 4 aliphatic rings. The van der Waals surface area contributed by atoms with Crippen molar-refractivity contribution in [3.63, 3.8) is 0 Å². The van der Waals surface area contributed by atoms with Gasteiger partial charge in [-0.05, 0) is 44.7 Å². The Hall–Kier alpha value is -1.40. The third-order valence-electron chi connectivity index (χ3n) is 7.06. The highest BCUT2D eigenvalue weighted by atomic mass is 16.5. The van der Waals surface area contributed by atoms with Crippen LogP contribution in [0.1, 0.15) is 61.5 Å². The van der Waals surface area contributed by atoms with Gasteiger partial charge < -0.3 is 15.4 Å². The lowest BCUT2D eigenvalue weighted by atomic mass is 9.54.